The number of imidazole rings is 1. The first kappa shape index (κ1) is 16.0. The molecule has 6 heteroatoms. The fraction of sp³-hybridized carbons (Fsp3) is 0.263. The zero-order chi connectivity index (χ0) is 17.2. The number of halogens is 1. The molecule has 0 atom stereocenters. The number of nitrogens with zero attached hydrogens (tertiary/aromatic N) is 2. The van der Waals surface area contributed by atoms with Gasteiger partial charge in [0.05, 0.1) is 11.0 Å². The van der Waals surface area contributed by atoms with Crippen molar-refractivity contribution in [3.63, 3.8) is 0 Å². The van der Waals surface area contributed by atoms with E-state index in [4.69, 9.17) is 16.3 Å². The van der Waals surface area contributed by atoms with Crippen LogP contribution < -0.4 is 10.1 Å². The Balaban J connectivity index is 1.56. The summed E-state index contributed by atoms with van der Waals surface area (Å²) in [7, 11) is 0. The van der Waals surface area contributed by atoms with E-state index in [0.29, 0.717) is 16.8 Å². The summed E-state index contributed by atoms with van der Waals surface area (Å²) >= 11 is 5.89. The third kappa shape index (κ3) is 3.77. The third-order valence-corrected chi connectivity index (χ3v) is 4.41. The molecular formula is C19H18ClN3O2. The summed E-state index contributed by atoms with van der Waals surface area (Å²) < 4.78 is 7.74. The highest BCUT2D eigenvalue weighted by Gasteiger charge is 2.24. The van der Waals surface area contributed by atoms with Crippen molar-refractivity contribution in [3.8, 4) is 5.75 Å². The van der Waals surface area contributed by atoms with Gasteiger partial charge in [-0.05, 0) is 49.2 Å². The van der Waals surface area contributed by atoms with Crippen molar-refractivity contribution in [2.45, 2.75) is 32.0 Å². The molecule has 1 N–H and O–H groups in total. The molecule has 1 aliphatic carbocycles. The van der Waals surface area contributed by atoms with Crippen LogP contribution in [0.3, 0.4) is 0 Å². The zero-order valence-electron chi connectivity index (χ0n) is 13.6. The number of fused-ring (bicyclic) bond motifs is 1. The molecule has 0 unspecified atom stereocenters. The maximum absolute atomic E-state index is 12.3. The van der Waals surface area contributed by atoms with Crippen molar-refractivity contribution < 1.29 is 9.53 Å². The average Bonchev–Trinajstić information content (AvgIpc) is 3.36. The molecule has 25 heavy (non-hydrogen) atoms. The summed E-state index contributed by atoms with van der Waals surface area (Å²) in [6.07, 6.45) is 2.14. The molecule has 4 rings (SSSR count). The van der Waals surface area contributed by atoms with Gasteiger partial charge in [-0.1, -0.05) is 23.7 Å². The van der Waals surface area contributed by atoms with Crippen LogP contribution in [0.4, 0.5) is 0 Å². The molecular weight excluding hydrogens is 338 g/mol. The Morgan fingerprint density at radius 2 is 1.96 bits per heavy atom. The molecule has 0 radical (unpaired) electrons. The van der Waals surface area contributed by atoms with Crippen LogP contribution in [0.25, 0.3) is 11.0 Å². The lowest BCUT2D eigenvalue weighted by Gasteiger charge is -2.11. The van der Waals surface area contributed by atoms with Gasteiger partial charge in [-0.3, -0.25) is 4.79 Å². The van der Waals surface area contributed by atoms with Crippen LogP contribution in [-0.2, 0) is 17.9 Å². The van der Waals surface area contributed by atoms with Gasteiger partial charge in [0.2, 0.25) is 5.91 Å². The van der Waals surface area contributed by atoms with Gasteiger partial charge in [-0.25, -0.2) is 4.98 Å². The fourth-order valence-electron chi connectivity index (χ4n) is 2.74. The Labute approximate surface area is 150 Å². The highest BCUT2D eigenvalue weighted by Crippen LogP contribution is 2.21. The molecule has 0 saturated heterocycles. The van der Waals surface area contributed by atoms with Gasteiger partial charge < -0.3 is 14.6 Å². The van der Waals surface area contributed by atoms with Crippen molar-refractivity contribution in [2.75, 3.05) is 0 Å². The number of ether oxygens (including phenoxy) is 1. The van der Waals surface area contributed by atoms with Gasteiger partial charge in [0.1, 0.15) is 24.7 Å². The van der Waals surface area contributed by atoms with Crippen LogP contribution in [0.5, 0.6) is 5.75 Å². The number of nitrogens with one attached hydrogen (secondary N) is 1. The second kappa shape index (κ2) is 6.76. The summed E-state index contributed by atoms with van der Waals surface area (Å²) in [5, 5.41) is 3.68. The molecule has 0 spiro atoms. The molecule has 1 fully saturated rings. The molecule has 1 amide bonds. The fourth-order valence-corrected chi connectivity index (χ4v) is 2.86. The van der Waals surface area contributed by atoms with Gasteiger partial charge in [-0.15, -0.1) is 0 Å². The average molecular weight is 356 g/mol. The van der Waals surface area contributed by atoms with Gasteiger partial charge in [0.25, 0.3) is 0 Å². The normalized spacial score (nSPS) is 13.8. The van der Waals surface area contributed by atoms with Gasteiger partial charge in [0.15, 0.2) is 0 Å². The number of hydrogen-bond donors (Lipinski definition) is 1. The first-order chi connectivity index (χ1) is 12.2. The van der Waals surface area contributed by atoms with Gasteiger partial charge >= 0.3 is 0 Å². The van der Waals surface area contributed by atoms with E-state index in [-0.39, 0.29) is 19.1 Å². The first-order valence-corrected chi connectivity index (χ1v) is 8.69. The summed E-state index contributed by atoms with van der Waals surface area (Å²) in [5.74, 6) is 1.45. The summed E-state index contributed by atoms with van der Waals surface area (Å²) in [6, 6.07) is 15.3. The van der Waals surface area contributed by atoms with Crippen molar-refractivity contribution >= 4 is 28.5 Å². The quantitative estimate of drug-likeness (QED) is 0.735. The topological polar surface area (TPSA) is 56.2 Å². The molecule has 1 saturated carbocycles. The molecule has 128 valence electrons. The van der Waals surface area contributed by atoms with E-state index in [1.54, 1.807) is 12.1 Å². The third-order valence-electron chi connectivity index (χ3n) is 4.16. The number of benzene rings is 2. The van der Waals surface area contributed by atoms with Crippen molar-refractivity contribution in [3.05, 3.63) is 59.4 Å². The van der Waals surface area contributed by atoms with E-state index in [1.165, 1.54) is 0 Å². The Morgan fingerprint density at radius 1 is 1.20 bits per heavy atom. The Morgan fingerprint density at radius 3 is 2.72 bits per heavy atom. The van der Waals surface area contributed by atoms with Crippen LogP contribution >= 0.6 is 11.6 Å². The Hall–Kier alpha value is -2.53. The van der Waals surface area contributed by atoms with Crippen LogP contribution in [0.15, 0.2) is 48.5 Å². The monoisotopic (exact) mass is 355 g/mol. The molecule has 1 heterocycles. The van der Waals surface area contributed by atoms with Crippen molar-refractivity contribution in [1.29, 1.82) is 0 Å². The second-order valence-corrected chi connectivity index (χ2v) is 6.62. The summed E-state index contributed by atoms with van der Waals surface area (Å²) in [5.41, 5.74) is 1.79. The van der Waals surface area contributed by atoms with E-state index in [1.807, 2.05) is 41.0 Å². The molecule has 1 aliphatic rings. The summed E-state index contributed by atoms with van der Waals surface area (Å²) in [6.45, 7) is 0.531. The number of para-hydroxylation sites is 2. The minimum Gasteiger partial charge on any atom is -0.486 e. The predicted molar refractivity (Wildman–Crippen MR) is 96.7 cm³/mol. The van der Waals surface area contributed by atoms with Crippen LogP contribution in [0.1, 0.15) is 18.7 Å². The Kier molecular flexibility index (Phi) is 4.32. The SMILES string of the molecule is O=C(Cn1c(COc2ccc(Cl)cc2)nc2ccccc21)NC1CC1. The maximum Gasteiger partial charge on any atom is 0.240 e. The lowest BCUT2D eigenvalue weighted by molar-refractivity contribution is -0.121. The van der Waals surface area contributed by atoms with Crippen LogP contribution in [-0.4, -0.2) is 21.5 Å². The molecule has 0 bridgehead atoms. The maximum atomic E-state index is 12.3. The second-order valence-electron chi connectivity index (χ2n) is 6.19. The molecule has 3 aromatic rings. The zero-order valence-corrected chi connectivity index (χ0v) is 14.4. The van der Waals surface area contributed by atoms with Crippen molar-refractivity contribution in [2.24, 2.45) is 0 Å². The number of aromatic nitrogens is 2. The largest absolute Gasteiger partial charge is 0.486 e. The number of amides is 1. The highest BCUT2D eigenvalue weighted by molar-refractivity contribution is 6.30. The molecule has 5 nitrogen and oxygen atoms in total. The Bertz CT molecular complexity index is 901. The number of rotatable bonds is 6. The lowest BCUT2D eigenvalue weighted by atomic mass is 10.3. The van der Waals surface area contributed by atoms with Crippen molar-refractivity contribution in [1.82, 2.24) is 14.9 Å². The van der Waals surface area contributed by atoms with E-state index in [0.717, 1.165) is 29.7 Å². The minimum absolute atomic E-state index is 0.0124. The standard InChI is InChI=1S/C19H18ClN3O2/c20-13-5-9-15(10-6-13)25-12-18-22-16-3-1-2-4-17(16)23(18)11-19(24)21-14-7-8-14/h1-6,9-10,14H,7-8,11-12H2,(H,21,24). The van der Waals surface area contributed by atoms with Gasteiger partial charge in [0, 0.05) is 11.1 Å². The number of carbonyl (C=O) groups excluding carboxylic acids is 1. The molecule has 0 aliphatic heterocycles. The predicted octanol–water partition coefficient (Wildman–Crippen LogP) is 3.55. The van der Waals surface area contributed by atoms with E-state index in [9.17, 15) is 4.79 Å². The van der Waals surface area contributed by atoms with Gasteiger partial charge in [-0.2, -0.15) is 0 Å². The number of hydrogen-bond acceptors (Lipinski definition) is 3. The van der Waals surface area contributed by atoms with E-state index >= 15 is 0 Å². The molecule has 1 aromatic heterocycles. The van der Waals surface area contributed by atoms with E-state index < -0.39 is 0 Å². The van der Waals surface area contributed by atoms with Crippen LogP contribution in [0, 0.1) is 0 Å². The van der Waals surface area contributed by atoms with Crippen LogP contribution in [0.2, 0.25) is 5.02 Å². The summed E-state index contributed by atoms with van der Waals surface area (Å²) in [4.78, 5) is 16.9. The van der Waals surface area contributed by atoms with E-state index in [2.05, 4.69) is 10.3 Å². The minimum atomic E-state index is 0.0124. The number of carbonyl (C=O) groups is 1. The first-order valence-electron chi connectivity index (χ1n) is 8.31. The molecule has 2 aromatic carbocycles. The smallest absolute Gasteiger partial charge is 0.240 e. The lowest BCUT2D eigenvalue weighted by Crippen LogP contribution is -2.30. The highest BCUT2D eigenvalue weighted by atomic mass is 35.5.